The highest BCUT2D eigenvalue weighted by molar-refractivity contribution is 6.00. The maximum absolute atomic E-state index is 12.1. The summed E-state index contributed by atoms with van der Waals surface area (Å²) in [5.74, 6) is -1.41. The number of hydrogen-bond donors (Lipinski definition) is 1. The molecular weight excluding hydrogens is 318 g/mol. The van der Waals surface area contributed by atoms with Crippen molar-refractivity contribution < 1.29 is 24.0 Å². The summed E-state index contributed by atoms with van der Waals surface area (Å²) in [5, 5.41) is 11.2. The lowest BCUT2D eigenvalue weighted by Gasteiger charge is -2.04. The van der Waals surface area contributed by atoms with Gasteiger partial charge in [-0.2, -0.15) is 0 Å². The molecule has 0 aromatic carbocycles. The van der Waals surface area contributed by atoms with Gasteiger partial charge in [-0.3, -0.25) is 15.1 Å². The van der Waals surface area contributed by atoms with Gasteiger partial charge in [0.25, 0.3) is 5.69 Å². The fourth-order valence-corrected chi connectivity index (χ4v) is 2.10. The van der Waals surface area contributed by atoms with Crippen LogP contribution in [0.1, 0.15) is 34.8 Å². The number of carbonyl (C=O) groups is 2. The first-order valence-corrected chi connectivity index (χ1v) is 7.15. The van der Waals surface area contributed by atoms with Gasteiger partial charge in [0.05, 0.1) is 23.7 Å². The van der Waals surface area contributed by atoms with Gasteiger partial charge in [0.15, 0.2) is 0 Å². The maximum Gasteiger partial charge on any atom is 0.355 e. The number of H-pyrrole nitrogens is 1. The molecule has 2 aromatic rings. The minimum absolute atomic E-state index is 0.00643. The van der Waals surface area contributed by atoms with Crippen LogP contribution in [0.3, 0.4) is 0 Å². The summed E-state index contributed by atoms with van der Waals surface area (Å²) in [6, 6.07) is 2.52. The number of carbonyl (C=O) groups excluding carboxylic acids is 2. The summed E-state index contributed by atoms with van der Waals surface area (Å²) in [7, 11) is 0. The number of hydrogen-bond acceptors (Lipinski definition) is 7. The van der Waals surface area contributed by atoms with Crippen molar-refractivity contribution in [3.05, 3.63) is 46.0 Å². The minimum Gasteiger partial charge on any atom is -0.461 e. The van der Waals surface area contributed by atoms with Gasteiger partial charge in [-0.1, -0.05) is 0 Å². The standard InChI is InChI=1S/C15H15N3O6/c1-3-23-14(19)11-7-9(13(17-11)15(20)24-4-2)10-8-16-6-5-12(10)18(21)22/h5-8,17H,3-4H2,1-2H3. The van der Waals surface area contributed by atoms with Crippen molar-refractivity contribution in [1.29, 1.82) is 0 Å². The van der Waals surface area contributed by atoms with Crippen molar-refractivity contribution >= 4 is 17.6 Å². The molecule has 0 amide bonds. The molecule has 0 bridgehead atoms. The number of ether oxygens (including phenoxy) is 2. The molecule has 9 nitrogen and oxygen atoms in total. The second-order valence-electron chi connectivity index (χ2n) is 4.56. The van der Waals surface area contributed by atoms with Crippen LogP contribution >= 0.6 is 0 Å². The molecule has 126 valence electrons. The average molecular weight is 333 g/mol. The van der Waals surface area contributed by atoms with Crippen LogP contribution in [0.25, 0.3) is 11.1 Å². The van der Waals surface area contributed by atoms with Crippen LogP contribution in [0.15, 0.2) is 24.5 Å². The molecule has 0 fully saturated rings. The molecule has 2 aromatic heterocycles. The lowest BCUT2D eigenvalue weighted by atomic mass is 10.1. The van der Waals surface area contributed by atoms with Crippen LogP contribution in [0.4, 0.5) is 5.69 Å². The van der Waals surface area contributed by atoms with Gasteiger partial charge in [-0.15, -0.1) is 0 Å². The third-order valence-corrected chi connectivity index (χ3v) is 3.08. The number of rotatable bonds is 6. The highest BCUT2D eigenvalue weighted by Crippen LogP contribution is 2.32. The fourth-order valence-electron chi connectivity index (χ4n) is 2.10. The lowest BCUT2D eigenvalue weighted by molar-refractivity contribution is -0.384. The van der Waals surface area contributed by atoms with E-state index in [1.165, 1.54) is 24.5 Å². The highest BCUT2D eigenvalue weighted by Gasteiger charge is 2.26. The normalized spacial score (nSPS) is 10.2. The number of pyridine rings is 1. The summed E-state index contributed by atoms with van der Waals surface area (Å²) >= 11 is 0. The van der Waals surface area contributed by atoms with Crippen LogP contribution < -0.4 is 0 Å². The Morgan fingerprint density at radius 2 is 1.88 bits per heavy atom. The Bertz CT molecular complexity index is 783. The molecule has 0 aliphatic heterocycles. The van der Waals surface area contributed by atoms with Gasteiger partial charge in [0, 0.05) is 24.0 Å². The van der Waals surface area contributed by atoms with E-state index in [2.05, 4.69) is 9.97 Å². The number of esters is 2. The molecule has 24 heavy (non-hydrogen) atoms. The Kier molecular flexibility index (Phi) is 5.25. The van der Waals surface area contributed by atoms with E-state index in [0.717, 1.165) is 0 Å². The number of aromatic amines is 1. The number of aromatic nitrogens is 2. The molecular formula is C15H15N3O6. The van der Waals surface area contributed by atoms with E-state index in [9.17, 15) is 19.7 Å². The minimum atomic E-state index is -0.735. The number of nitrogens with one attached hydrogen (secondary N) is 1. The van der Waals surface area contributed by atoms with Crippen molar-refractivity contribution in [3.8, 4) is 11.1 Å². The van der Waals surface area contributed by atoms with Crippen molar-refractivity contribution in [2.45, 2.75) is 13.8 Å². The Morgan fingerprint density at radius 1 is 1.21 bits per heavy atom. The molecule has 0 saturated heterocycles. The van der Waals surface area contributed by atoms with Crippen LogP contribution in [-0.4, -0.2) is 40.0 Å². The molecule has 9 heteroatoms. The number of nitrogens with zero attached hydrogens (tertiary/aromatic N) is 2. The Morgan fingerprint density at radius 3 is 2.50 bits per heavy atom. The Labute approximate surface area is 136 Å². The molecule has 0 atom stereocenters. The van der Waals surface area contributed by atoms with Crippen molar-refractivity contribution in [3.63, 3.8) is 0 Å². The molecule has 0 saturated carbocycles. The van der Waals surface area contributed by atoms with Gasteiger partial charge < -0.3 is 14.5 Å². The van der Waals surface area contributed by atoms with E-state index in [0.29, 0.717) is 0 Å². The fraction of sp³-hybridized carbons (Fsp3) is 0.267. The maximum atomic E-state index is 12.1. The topological polar surface area (TPSA) is 124 Å². The molecule has 0 spiro atoms. The zero-order chi connectivity index (χ0) is 17.7. The molecule has 2 rings (SSSR count). The largest absolute Gasteiger partial charge is 0.461 e. The second-order valence-corrected chi connectivity index (χ2v) is 4.56. The van der Waals surface area contributed by atoms with Crippen LogP contribution in [-0.2, 0) is 9.47 Å². The quantitative estimate of drug-likeness (QED) is 0.488. The van der Waals surface area contributed by atoms with E-state index < -0.39 is 16.9 Å². The zero-order valence-electron chi connectivity index (χ0n) is 13.1. The Balaban J connectivity index is 2.61. The van der Waals surface area contributed by atoms with Gasteiger partial charge in [0.2, 0.25) is 0 Å². The van der Waals surface area contributed by atoms with Crippen LogP contribution in [0.2, 0.25) is 0 Å². The van der Waals surface area contributed by atoms with Gasteiger partial charge in [-0.05, 0) is 19.9 Å². The van der Waals surface area contributed by atoms with E-state index in [1.54, 1.807) is 13.8 Å². The first-order valence-electron chi connectivity index (χ1n) is 7.15. The highest BCUT2D eigenvalue weighted by atomic mass is 16.6. The monoisotopic (exact) mass is 333 g/mol. The van der Waals surface area contributed by atoms with Crippen LogP contribution in [0, 0.1) is 10.1 Å². The smallest absolute Gasteiger partial charge is 0.355 e. The summed E-state index contributed by atoms with van der Waals surface area (Å²) < 4.78 is 9.81. The average Bonchev–Trinajstić information content (AvgIpc) is 3.00. The van der Waals surface area contributed by atoms with Gasteiger partial charge in [0.1, 0.15) is 11.4 Å². The summed E-state index contributed by atoms with van der Waals surface area (Å²) in [6.45, 7) is 3.52. The second kappa shape index (κ2) is 7.36. The molecule has 0 aliphatic carbocycles. The van der Waals surface area contributed by atoms with E-state index in [4.69, 9.17) is 9.47 Å². The van der Waals surface area contributed by atoms with Crippen molar-refractivity contribution in [2.75, 3.05) is 13.2 Å². The number of nitro groups is 1. The van der Waals surface area contributed by atoms with E-state index in [-0.39, 0.29) is 41.4 Å². The van der Waals surface area contributed by atoms with Crippen LogP contribution in [0.5, 0.6) is 0 Å². The molecule has 1 N–H and O–H groups in total. The predicted octanol–water partition coefficient (Wildman–Crippen LogP) is 2.34. The SMILES string of the molecule is CCOC(=O)c1cc(-c2cnccc2[N+](=O)[O-])c(C(=O)OCC)[nH]1. The Hall–Kier alpha value is -3.23. The molecule has 0 unspecified atom stereocenters. The molecule has 2 heterocycles. The third-order valence-electron chi connectivity index (χ3n) is 3.08. The summed E-state index contributed by atoms with van der Waals surface area (Å²) in [6.07, 6.45) is 2.52. The van der Waals surface area contributed by atoms with E-state index in [1.807, 2.05) is 0 Å². The third kappa shape index (κ3) is 3.40. The first kappa shape index (κ1) is 17.1. The summed E-state index contributed by atoms with van der Waals surface area (Å²) in [4.78, 5) is 41.1. The predicted molar refractivity (Wildman–Crippen MR) is 82.6 cm³/mol. The van der Waals surface area contributed by atoms with Gasteiger partial charge >= 0.3 is 11.9 Å². The van der Waals surface area contributed by atoms with Gasteiger partial charge in [-0.25, -0.2) is 9.59 Å². The van der Waals surface area contributed by atoms with E-state index >= 15 is 0 Å². The summed E-state index contributed by atoms with van der Waals surface area (Å²) in [5.41, 5.74) is -0.0809. The lowest BCUT2D eigenvalue weighted by Crippen LogP contribution is -2.09. The van der Waals surface area contributed by atoms with Crippen molar-refractivity contribution in [2.24, 2.45) is 0 Å². The van der Waals surface area contributed by atoms with Crippen molar-refractivity contribution in [1.82, 2.24) is 9.97 Å². The first-order chi connectivity index (χ1) is 11.5. The molecule has 0 aliphatic rings. The molecule has 0 radical (unpaired) electrons. The zero-order valence-corrected chi connectivity index (χ0v) is 13.1.